The van der Waals surface area contributed by atoms with E-state index in [1.54, 1.807) is 0 Å². The first-order chi connectivity index (χ1) is 2.41. The van der Waals surface area contributed by atoms with E-state index in [0.29, 0.717) is 0 Å². The van der Waals surface area contributed by atoms with Gasteiger partial charge in [0, 0.05) is 16.5 Å². The van der Waals surface area contributed by atoms with Crippen LogP contribution < -0.4 is 10.8 Å². The third-order valence-corrected chi connectivity index (χ3v) is 0. The quantitative estimate of drug-likeness (QED) is 0.140. The average molecular weight is 134 g/mol. The molecule has 5 N–H and O–H groups in total. The van der Waals surface area contributed by atoms with Gasteiger partial charge in [-0.25, -0.2) is 0 Å². The molecule has 0 aromatic carbocycles. The van der Waals surface area contributed by atoms with Crippen LogP contribution in [-0.2, 0) is 16.5 Å². The van der Waals surface area contributed by atoms with Gasteiger partial charge in [-0.2, -0.15) is 0 Å². The van der Waals surface area contributed by atoms with Crippen molar-refractivity contribution in [2.24, 2.45) is 5.84 Å². The SMILES string of the molecule is N=[N+]=N.[NH-]N.[Ni]. The van der Waals surface area contributed by atoms with Crippen LogP contribution in [0.25, 0.3) is 5.84 Å². The molecule has 0 fully saturated rings. The molecule has 5 nitrogen and oxygen atoms in total. The summed E-state index contributed by atoms with van der Waals surface area (Å²) in [6, 6.07) is 0. The Labute approximate surface area is 45.0 Å². The van der Waals surface area contributed by atoms with Gasteiger partial charge in [-0.1, -0.05) is 0 Å². The van der Waals surface area contributed by atoms with Crippen LogP contribution in [0.2, 0.25) is 0 Å². The molecular weight excluding hydrogens is 129 g/mol. The van der Waals surface area contributed by atoms with Crippen LogP contribution in [0.3, 0.4) is 0 Å². The minimum Gasteiger partial charge on any atom is -0.615 e. The van der Waals surface area contributed by atoms with Crippen LogP contribution in [0.4, 0.5) is 0 Å². The van der Waals surface area contributed by atoms with Crippen LogP contribution in [-0.4, -0.2) is 0 Å². The average Bonchev–Trinajstić information content (AvgIpc) is 1.46. The van der Waals surface area contributed by atoms with E-state index < -0.39 is 0 Å². The fraction of sp³-hybridized carbons (Fsp3) is 0. The molecule has 0 heterocycles. The number of rotatable bonds is 0. The Morgan fingerprint density at radius 3 is 1.33 bits per heavy atom. The van der Waals surface area contributed by atoms with Crippen LogP contribution in [0.15, 0.2) is 0 Å². The predicted molar refractivity (Wildman–Crippen MR) is 16.1 cm³/mol. The number of nitrogens with one attached hydrogen (secondary N) is 3. The zero-order valence-electron chi connectivity index (χ0n) is 2.84. The van der Waals surface area contributed by atoms with Gasteiger partial charge in [-0.3, -0.25) is 0 Å². The smallest absolute Gasteiger partial charge is 0.211 e. The van der Waals surface area contributed by atoms with E-state index in [0.717, 1.165) is 0 Å². The Kier molecular flexibility index (Phi) is 359. The van der Waals surface area contributed by atoms with Gasteiger partial charge in [0.25, 0.3) is 0 Å². The van der Waals surface area contributed by atoms with E-state index in [4.69, 9.17) is 16.9 Å². The molecule has 0 atom stereocenters. The predicted octanol–water partition coefficient (Wildman–Crippen LogP) is 0.0253. The number of hydrogen-bond donors (Lipinski definition) is 3. The Morgan fingerprint density at radius 2 is 1.33 bits per heavy atom. The zero-order chi connectivity index (χ0) is 4.71. The summed E-state index contributed by atoms with van der Waals surface area (Å²) in [4.78, 5) is 2.00. The molecule has 0 saturated heterocycles. The van der Waals surface area contributed by atoms with Crippen LogP contribution in [0.1, 0.15) is 0 Å². The van der Waals surface area contributed by atoms with E-state index in [2.05, 4.69) is 5.84 Å². The standard InChI is InChI=1S/H2N3.H3N2.Ni/c1-3-2;1-2;/h1-2H;1H,2H2;/q+1;-1;. The first-order valence-electron chi connectivity index (χ1n) is 0.736. The summed E-state index contributed by atoms with van der Waals surface area (Å²) in [6.45, 7) is 0. The van der Waals surface area contributed by atoms with Crippen LogP contribution in [0, 0.1) is 11.1 Å². The van der Waals surface area contributed by atoms with Crippen molar-refractivity contribution in [3.05, 3.63) is 5.84 Å². The van der Waals surface area contributed by atoms with Crippen molar-refractivity contribution < 1.29 is 16.5 Å². The van der Waals surface area contributed by atoms with E-state index >= 15 is 0 Å². The van der Waals surface area contributed by atoms with E-state index in [-0.39, 0.29) is 16.5 Å². The molecule has 0 amide bonds. The minimum absolute atomic E-state index is 0. The topological polar surface area (TPSA) is 112 Å². The molecule has 40 valence electrons. The normalized spacial score (nSPS) is 2.33. The molecule has 0 bridgehead atoms. The van der Waals surface area contributed by atoms with Crippen molar-refractivity contribution in [1.82, 2.24) is 4.91 Å². The van der Waals surface area contributed by atoms with Crippen LogP contribution in [0.5, 0.6) is 0 Å². The third kappa shape index (κ3) is 361. The Morgan fingerprint density at radius 1 is 1.33 bits per heavy atom. The molecule has 0 saturated carbocycles. The summed E-state index contributed by atoms with van der Waals surface area (Å²) >= 11 is 0. The van der Waals surface area contributed by atoms with Gasteiger partial charge in [0.05, 0.1) is 0 Å². The van der Waals surface area contributed by atoms with Gasteiger partial charge in [-0.05, 0) is 0 Å². The monoisotopic (exact) mass is 133 g/mol. The molecule has 0 spiro atoms. The summed E-state index contributed by atoms with van der Waals surface area (Å²) in [5.74, 6) is 9.00. The maximum atomic E-state index is 5.50. The molecule has 0 aromatic heterocycles. The molecule has 0 unspecified atom stereocenters. The molecule has 6 heteroatoms. The molecule has 0 aliphatic heterocycles. The van der Waals surface area contributed by atoms with Crippen molar-refractivity contribution in [1.29, 1.82) is 11.1 Å². The van der Waals surface area contributed by atoms with Gasteiger partial charge in [0.2, 0.25) is 4.91 Å². The summed E-state index contributed by atoms with van der Waals surface area (Å²) in [5, 5.41) is 0. The minimum atomic E-state index is 0. The molecule has 0 aliphatic carbocycles. The molecule has 0 aliphatic rings. The number of nitrogens with zero attached hydrogens (tertiary/aromatic N) is 1. The summed E-state index contributed by atoms with van der Waals surface area (Å²) < 4.78 is 0. The fourth-order valence-electron chi connectivity index (χ4n) is 0. The van der Waals surface area contributed by atoms with Gasteiger partial charge in [0.15, 0.2) is 0 Å². The van der Waals surface area contributed by atoms with Crippen molar-refractivity contribution in [2.45, 2.75) is 0 Å². The molecule has 0 aromatic rings. The maximum Gasteiger partial charge on any atom is 0.211 e. The summed E-state index contributed by atoms with van der Waals surface area (Å²) in [6.07, 6.45) is 0. The van der Waals surface area contributed by atoms with Gasteiger partial charge in [-0.15, -0.1) is 0 Å². The van der Waals surface area contributed by atoms with Crippen molar-refractivity contribution in [3.63, 3.8) is 0 Å². The number of hydrogen-bond acceptors (Lipinski definition) is 3. The first-order valence-corrected chi connectivity index (χ1v) is 0.736. The summed E-state index contributed by atoms with van der Waals surface area (Å²) in [7, 11) is 0. The molecule has 0 radical (unpaired) electrons. The third-order valence-electron chi connectivity index (χ3n) is 0. The van der Waals surface area contributed by atoms with Crippen molar-refractivity contribution in [2.75, 3.05) is 0 Å². The fourth-order valence-corrected chi connectivity index (χ4v) is 0. The first kappa shape index (κ1) is 17.2. The van der Waals surface area contributed by atoms with Gasteiger partial charge in [0.1, 0.15) is 11.1 Å². The van der Waals surface area contributed by atoms with Gasteiger partial charge < -0.3 is 11.7 Å². The second kappa shape index (κ2) is 125. The zero-order valence-corrected chi connectivity index (χ0v) is 3.83. The Bertz CT molecular complexity index is 24.9. The van der Waals surface area contributed by atoms with E-state index in [9.17, 15) is 0 Å². The molecule has 6 heavy (non-hydrogen) atoms. The largest absolute Gasteiger partial charge is 0.615 e. The summed E-state index contributed by atoms with van der Waals surface area (Å²) in [5.41, 5.74) is 11.0. The number of nitrogens with two attached hydrogens (primary N) is 1. The maximum absolute atomic E-state index is 5.50. The van der Waals surface area contributed by atoms with Crippen molar-refractivity contribution >= 4 is 0 Å². The van der Waals surface area contributed by atoms with Crippen molar-refractivity contribution in [3.8, 4) is 0 Å². The second-order valence-electron chi connectivity index (χ2n) is 0.112. The molecule has 0 rings (SSSR count). The molecular formula is H5N5Ni. The second-order valence-corrected chi connectivity index (χ2v) is 0.112. The van der Waals surface area contributed by atoms with Crippen LogP contribution >= 0.6 is 0 Å². The Hall–Kier alpha value is -0.276. The van der Waals surface area contributed by atoms with Gasteiger partial charge >= 0.3 is 0 Å². The van der Waals surface area contributed by atoms with E-state index in [1.807, 2.05) is 4.91 Å². The Balaban J connectivity index is -0.0000000275. The van der Waals surface area contributed by atoms with E-state index in [1.165, 1.54) is 0 Å².